The molecule has 0 amide bonds. The lowest BCUT2D eigenvalue weighted by Gasteiger charge is -2.12. The number of aromatic carboxylic acids is 1. The zero-order valence-electron chi connectivity index (χ0n) is 7.64. The number of phenols is 1. The van der Waals surface area contributed by atoms with Crippen LogP contribution in [0.2, 0.25) is 0 Å². The van der Waals surface area contributed by atoms with E-state index in [4.69, 9.17) is 15.9 Å². The molecule has 82 valence electrons. The van der Waals surface area contributed by atoms with Gasteiger partial charge in [-0.2, -0.15) is 0 Å². The number of benzene rings is 1. The summed E-state index contributed by atoms with van der Waals surface area (Å²) in [5.74, 6) is -3.14. The second kappa shape index (κ2) is 4.24. The summed E-state index contributed by atoms with van der Waals surface area (Å²) in [7, 11) is 0. The highest BCUT2D eigenvalue weighted by atomic mass is 19.1. The Kier molecular flexibility index (Phi) is 3.23. The number of hydrogen-bond acceptors (Lipinski definition) is 4. The second-order valence-corrected chi connectivity index (χ2v) is 2.99. The first kappa shape index (κ1) is 11.4. The zero-order chi connectivity index (χ0) is 11.6. The van der Waals surface area contributed by atoms with Crippen LogP contribution in [0.25, 0.3) is 0 Å². The molecule has 6 heteroatoms. The molecular formula is C9H10FNO4. The molecule has 1 rings (SSSR count). The van der Waals surface area contributed by atoms with Crippen LogP contribution in [0.4, 0.5) is 4.39 Å². The molecular weight excluding hydrogens is 205 g/mol. The fourth-order valence-electron chi connectivity index (χ4n) is 1.12. The van der Waals surface area contributed by atoms with E-state index in [0.29, 0.717) is 6.07 Å². The summed E-state index contributed by atoms with van der Waals surface area (Å²) in [6.45, 7) is -0.518. The SMILES string of the molecule is N[C@H](CO)c1cc(C(=O)O)cc(F)c1O. The Morgan fingerprint density at radius 1 is 1.53 bits per heavy atom. The van der Waals surface area contributed by atoms with Crippen molar-refractivity contribution in [3.63, 3.8) is 0 Å². The molecule has 0 aromatic heterocycles. The van der Waals surface area contributed by atoms with E-state index in [1.54, 1.807) is 0 Å². The van der Waals surface area contributed by atoms with Gasteiger partial charge in [0.1, 0.15) is 0 Å². The van der Waals surface area contributed by atoms with Gasteiger partial charge in [0, 0.05) is 5.56 Å². The van der Waals surface area contributed by atoms with Gasteiger partial charge >= 0.3 is 5.97 Å². The van der Waals surface area contributed by atoms with Gasteiger partial charge in [0.2, 0.25) is 0 Å². The number of halogens is 1. The Bertz CT molecular complexity index is 394. The van der Waals surface area contributed by atoms with Crippen molar-refractivity contribution >= 4 is 5.97 Å². The predicted octanol–water partition coefficient (Wildman–Crippen LogP) is 0.222. The van der Waals surface area contributed by atoms with E-state index >= 15 is 0 Å². The van der Waals surface area contributed by atoms with Crippen LogP contribution in [0.15, 0.2) is 12.1 Å². The summed E-state index contributed by atoms with van der Waals surface area (Å²) < 4.78 is 13.0. The molecule has 15 heavy (non-hydrogen) atoms. The number of aliphatic hydroxyl groups is 1. The van der Waals surface area contributed by atoms with E-state index < -0.39 is 30.2 Å². The smallest absolute Gasteiger partial charge is 0.335 e. The van der Waals surface area contributed by atoms with Gasteiger partial charge in [0.05, 0.1) is 18.2 Å². The normalized spacial score (nSPS) is 12.5. The maximum atomic E-state index is 13.0. The number of rotatable bonds is 3. The van der Waals surface area contributed by atoms with E-state index in [-0.39, 0.29) is 11.1 Å². The lowest BCUT2D eigenvalue weighted by molar-refractivity contribution is 0.0696. The highest BCUT2D eigenvalue weighted by Crippen LogP contribution is 2.27. The zero-order valence-corrected chi connectivity index (χ0v) is 7.64. The van der Waals surface area contributed by atoms with Gasteiger partial charge in [-0.15, -0.1) is 0 Å². The molecule has 0 radical (unpaired) electrons. The summed E-state index contributed by atoms with van der Waals surface area (Å²) in [6, 6.07) is 0.700. The van der Waals surface area contributed by atoms with Crippen LogP contribution in [0, 0.1) is 5.82 Å². The number of carboxylic acids is 1. The molecule has 1 atom stereocenters. The highest BCUT2D eigenvalue weighted by molar-refractivity contribution is 5.88. The number of hydrogen-bond donors (Lipinski definition) is 4. The molecule has 0 aliphatic carbocycles. The van der Waals surface area contributed by atoms with Crippen molar-refractivity contribution in [3.05, 3.63) is 29.1 Å². The fourth-order valence-corrected chi connectivity index (χ4v) is 1.12. The van der Waals surface area contributed by atoms with Gasteiger partial charge in [-0.1, -0.05) is 0 Å². The maximum absolute atomic E-state index is 13.0. The number of aromatic hydroxyl groups is 1. The first-order valence-electron chi connectivity index (χ1n) is 4.09. The van der Waals surface area contributed by atoms with Crippen molar-refractivity contribution < 1.29 is 24.5 Å². The van der Waals surface area contributed by atoms with Crippen LogP contribution in [0.3, 0.4) is 0 Å². The molecule has 5 N–H and O–H groups in total. The van der Waals surface area contributed by atoms with Crippen LogP contribution < -0.4 is 5.73 Å². The molecule has 0 bridgehead atoms. The average Bonchev–Trinajstić information content (AvgIpc) is 2.20. The van der Waals surface area contributed by atoms with Crippen molar-refractivity contribution in [1.29, 1.82) is 0 Å². The highest BCUT2D eigenvalue weighted by Gasteiger charge is 2.17. The average molecular weight is 215 g/mol. The van der Waals surface area contributed by atoms with Crippen LogP contribution in [-0.2, 0) is 0 Å². The van der Waals surface area contributed by atoms with Gasteiger partial charge in [-0.25, -0.2) is 9.18 Å². The number of carbonyl (C=O) groups is 1. The fraction of sp³-hybridized carbons (Fsp3) is 0.222. The van der Waals surface area contributed by atoms with Crippen LogP contribution in [0.1, 0.15) is 22.0 Å². The molecule has 0 aliphatic rings. The van der Waals surface area contributed by atoms with Crippen LogP contribution in [-0.4, -0.2) is 27.9 Å². The van der Waals surface area contributed by atoms with Gasteiger partial charge in [0.25, 0.3) is 0 Å². The van der Waals surface area contributed by atoms with E-state index in [2.05, 4.69) is 0 Å². The number of phenolic OH excluding ortho intramolecular Hbond substituents is 1. The Hall–Kier alpha value is -1.66. The minimum absolute atomic E-state index is 0.130. The molecule has 0 fully saturated rings. The van der Waals surface area contributed by atoms with E-state index in [1.165, 1.54) is 0 Å². The third kappa shape index (κ3) is 2.23. The van der Waals surface area contributed by atoms with Crippen molar-refractivity contribution in [1.82, 2.24) is 0 Å². The second-order valence-electron chi connectivity index (χ2n) is 2.99. The van der Waals surface area contributed by atoms with Gasteiger partial charge in [-0.3, -0.25) is 0 Å². The van der Waals surface area contributed by atoms with Gasteiger partial charge < -0.3 is 21.1 Å². The first-order valence-corrected chi connectivity index (χ1v) is 4.09. The van der Waals surface area contributed by atoms with Crippen molar-refractivity contribution in [2.24, 2.45) is 5.73 Å². The molecule has 0 aliphatic heterocycles. The summed E-state index contributed by atoms with van der Waals surface area (Å²) in [6.07, 6.45) is 0. The number of nitrogens with two attached hydrogens (primary N) is 1. The maximum Gasteiger partial charge on any atom is 0.335 e. The Morgan fingerprint density at radius 3 is 2.60 bits per heavy atom. The molecule has 0 spiro atoms. The first-order chi connectivity index (χ1) is 6.97. The molecule has 0 saturated carbocycles. The Balaban J connectivity index is 3.31. The summed E-state index contributed by atoms with van der Waals surface area (Å²) in [4.78, 5) is 10.6. The Morgan fingerprint density at radius 2 is 2.13 bits per heavy atom. The largest absolute Gasteiger partial charge is 0.505 e. The van der Waals surface area contributed by atoms with Gasteiger partial charge in [0.15, 0.2) is 11.6 Å². The molecule has 5 nitrogen and oxygen atoms in total. The standard InChI is InChI=1S/C9H10FNO4/c10-6-2-4(9(14)15)1-5(8(6)13)7(11)3-12/h1-2,7,12-13H,3,11H2,(H,14,15)/t7-/m1/s1. The molecule has 1 aromatic carbocycles. The van der Waals surface area contributed by atoms with Crippen molar-refractivity contribution in [3.8, 4) is 5.75 Å². The summed E-state index contributed by atoms with van der Waals surface area (Å²) in [5.41, 5.74) is 4.90. The molecule has 0 saturated heterocycles. The quantitative estimate of drug-likeness (QED) is 0.577. The lowest BCUT2D eigenvalue weighted by Crippen LogP contribution is -2.16. The topological polar surface area (TPSA) is 104 Å². The lowest BCUT2D eigenvalue weighted by atomic mass is 10.0. The van der Waals surface area contributed by atoms with E-state index in [1.807, 2.05) is 0 Å². The minimum atomic E-state index is -1.33. The number of aliphatic hydroxyl groups excluding tert-OH is 1. The summed E-state index contributed by atoms with van der Waals surface area (Å²) in [5, 5.41) is 26.6. The third-order valence-corrected chi connectivity index (χ3v) is 1.94. The minimum Gasteiger partial charge on any atom is -0.505 e. The van der Waals surface area contributed by atoms with Crippen LogP contribution >= 0.6 is 0 Å². The predicted molar refractivity (Wildman–Crippen MR) is 49.0 cm³/mol. The van der Waals surface area contributed by atoms with Gasteiger partial charge in [-0.05, 0) is 12.1 Å². The molecule has 0 heterocycles. The van der Waals surface area contributed by atoms with Crippen molar-refractivity contribution in [2.75, 3.05) is 6.61 Å². The number of carboxylic acid groups (broad SMARTS) is 1. The third-order valence-electron chi connectivity index (χ3n) is 1.94. The Labute approximate surface area is 84.6 Å². The van der Waals surface area contributed by atoms with E-state index in [9.17, 15) is 14.3 Å². The summed E-state index contributed by atoms with van der Waals surface area (Å²) >= 11 is 0. The monoisotopic (exact) mass is 215 g/mol. The van der Waals surface area contributed by atoms with E-state index in [0.717, 1.165) is 6.07 Å². The molecule has 1 aromatic rings. The van der Waals surface area contributed by atoms with Crippen molar-refractivity contribution in [2.45, 2.75) is 6.04 Å². The molecule has 0 unspecified atom stereocenters. The van der Waals surface area contributed by atoms with Crippen LogP contribution in [0.5, 0.6) is 5.75 Å².